The first kappa shape index (κ1) is 20.9. The standard InChI is InChI=1S/C21H20ClN3O3S2/c22-19-10-11-20(29-19)30(27,28)25-14-12-24(13-15-25)21(26)17-8-4-5-9-18(17)23-16-6-2-1-3-7-16/h1-11,23H,12-15H2. The minimum absolute atomic E-state index is 0.120. The smallest absolute Gasteiger partial charge is 0.256 e. The maximum atomic E-state index is 13.1. The Morgan fingerprint density at radius 1 is 0.900 bits per heavy atom. The lowest BCUT2D eigenvalue weighted by Crippen LogP contribution is -2.50. The molecular weight excluding hydrogens is 442 g/mol. The molecule has 0 atom stereocenters. The van der Waals surface area contributed by atoms with E-state index >= 15 is 0 Å². The molecule has 1 aliphatic rings. The third-order valence-electron chi connectivity index (χ3n) is 4.88. The van der Waals surface area contributed by atoms with Crippen LogP contribution in [0.15, 0.2) is 70.9 Å². The van der Waals surface area contributed by atoms with Gasteiger partial charge < -0.3 is 10.2 Å². The quantitative estimate of drug-likeness (QED) is 0.615. The van der Waals surface area contributed by atoms with E-state index in [1.165, 1.54) is 10.4 Å². The van der Waals surface area contributed by atoms with Crippen molar-refractivity contribution in [3.63, 3.8) is 0 Å². The fraction of sp³-hybridized carbons (Fsp3) is 0.190. The topological polar surface area (TPSA) is 69.7 Å². The van der Waals surface area contributed by atoms with E-state index in [2.05, 4.69) is 5.32 Å². The van der Waals surface area contributed by atoms with E-state index in [0.29, 0.717) is 23.0 Å². The first-order valence-corrected chi connectivity index (χ1v) is 12.0. The van der Waals surface area contributed by atoms with Gasteiger partial charge in [0.15, 0.2) is 0 Å². The number of piperazine rings is 1. The summed E-state index contributed by atoms with van der Waals surface area (Å²) in [5.74, 6) is -0.120. The van der Waals surface area contributed by atoms with Gasteiger partial charge in [0.25, 0.3) is 15.9 Å². The average molecular weight is 462 g/mol. The number of halogens is 1. The van der Waals surface area contributed by atoms with Gasteiger partial charge in [-0.05, 0) is 36.4 Å². The molecule has 0 radical (unpaired) electrons. The van der Waals surface area contributed by atoms with Crippen molar-refractivity contribution in [3.05, 3.63) is 76.6 Å². The van der Waals surface area contributed by atoms with Crippen molar-refractivity contribution in [2.75, 3.05) is 31.5 Å². The summed E-state index contributed by atoms with van der Waals surface area (Å²) in [6, 6.07) is 20.1. The van der Waals surface area contributed by atoms with E-state index in [1.807, 2.05) is 48.5 Å². The molecule has 0 bridgehead atoms. The van der Waals surface area contributed by atoms with Crippen LogP contribution in [-0.4, -0.2) is 49.7 Å². The summed E-state index contributed by atoms with van der Waals surface area (Å²) in [6.45, 7) is 1.16. The van der Waals surface area contributed by atoms with Crippen LogP contribution in [0, 0.1) is 0 Å². The highest BCUT2D eigenvalue weighted by atomic mass is 35.5. The molecule has 1 aromatic heterocycles. The molecule has 156 valence electrons. The van der Waals surface area contributed by atoms with Crippen LogP contribution in [0.2, 0.25) is 4.34 Å². The van der Waals surface area contributed by atoms with Crippen LogP contribution in [0.5, 0.6) is 0 Å². The molecule has 30 heavy (non-hydrogen) atoms. The first-order chi connectivity index (χ1) is 14.4. The number of thiophene rings is 1. The van der Waals surface area contributed by atoms with Crippen LogP contribution in [0.4, 0.5) is 11.4 Å². The maximum absolute atomic E-state index is 13.1. The number of para-hydroxylation sites is 2. The zero-order chi connectivity index (χ0) is 21.1. The highest BCUT2D eigenvalue weighted by molar-refractivity contribution is 7.91. The van der Waals surface area contributed by atoms with Crippen LogP contribution in [0.1, 0.15) is 10.4 Å². The molecule has 0 unspecified atom stereocenters. The van der Waals surface area contributed by atoms with Crippen LogP contribution >= 0.6 is 22.9 Å². The number of amides is 1. The Morgan fingerprint density at radius 3 is 2.23 bits per heavy atom. The summed E-state index contributed by atoms with van der Waals surface area (Å²) in [5.41, 5.74) is 2.17. The molecule has 2 aromatic carbocycles. The second-order valence-electron chi connectivity index (χ2n) is 6.79. The second kappa shape index (κ2) is 8.77. The highest BCUT2D eigenvalue weighted by Gasteiger charge is 2.31. The molecule has 0 aliphatic carbocycles. The normalized spacial score (nSPS) is 15.2. The molecular formula is C21H20ClN3O3S2. The first-order valence-electron chi connectivity index (χ1n) is 9.41. The molecule has 1 amide bonds. The fourth-order valence-corrected chi connectivity index (χ4v) is 6.38. The Balaban J connectivity index is 1.46. The number of carbonyl (C=O) groups is 1. The Morgan fingerprint density at radius 2 is 1.57 bits per heavy atom. The van der Waals surface area contributed by atoms with Crippen LogP contribution < -0.4 is 5.32 Å². The Bertz CT molecular complexity index is 1140. The SMILES string of the molecule is O=C(c1ccccc1Nc1ccccc1)N1CCN(S(=O)(=O)c2ccc(Cl)s2)CC1. The van der Waals surface area contributed by atoms with E-state index in [9.17, 15) is 13.2 Å². The molecule has 1 aliphatic heterocycles. The van der Waals surface area contributed by atoms with Gasteiger partial charge in [-0.3, -0.25) is 4.79 Å². The number of rotatable bonds is 5. The van der Waals surface area contributed by atoms with Gasteiger partial charge in [-0.2, -0.15) is 4.31 Å². The van der Waals surface area contributed by atoms with Gasteiger partial charge in [-0.1, -0.05) is 41.9 Å². The summed E-state index contributed by atoms with van der Waals surface area (Å²) in [5, 5.41) is 3.28. The van der Waals surface area contributed by atoms with Crippen LogP contribution in [-0.2, 0) is 10.0 Å². The Hall–Kier alpha value is -2.39. The molecule has 6 nitrogen and oxygen atoms in total. The predicted molar refractivity (Wildman–Crippen MR) is 120 cm³/mol. The second-order valence-corrected chi connectivity index (χ2v) is 10.7. The Kier molecular flexibility index (Phi) is 6.10. The maximum Gasteiger partial charge on any atom is 0.256 e. The van der Waals surface area contributed by atoms with Gasteiger partial charge >= 0.3 is 0 Å². The number of hydrogen-bond donors (Lipinski definition) is 1. The molecule has 2 heterocycles. The predicted octanol–water partition coefficient (Wildman–Crippen LogP) is 4.29. The number of sulfonamides is 1. The summed E-state index contributed by atoms with van der Waals surface area (Å²) in [6.07, 6.45) is 0. The number of nitrogens with one attached hydrogen (secondary N) is 1. The van der Waals surface area contributed by atoms with Gasteiger partial charge in [-0.15, -0.1) is 11.3 Å². The van der Waals surface area contributed by atoms with Gasteiger partial charge in [0.1, 0.15) is 4.21 Å². The van der Waals surface area contributed by atoms with Crippen molar-refractivity contribution < 1.29 is 13.2 Å². The number of hydrogen-bond acceptors (Lipinski definition) is 5. The Labute approximate surface area is 184 Å². The molecule has 3 aromatic rings. The van der Waals surface area contributed by atoms with E-state index in [1.54, 1.807) is 17.0 Å². The third kappa shape index (κ3) is 4.37. The summed E-state index contributed by atoms with van der Waals surface area (Å²) in [7, 11) is -3.59. The monoisotopic (exact) mass is 461 g/mol. The van der Waals surface area contributed by atoms with Crippen molar-refractivity contribution in [1.29, 1.82) is 0 Å². The molecule has 0 saturated carbocycles. The summed E-state index contributed by atoms with van der Waals surface area (Å²) < 4.78 is 27.6. The lowest BCUT2D eigenvalue weighted by molar-refractivity contribution is 0.0699. The lowest BCUT2D eigenvalue weighted by atomic mass is 10.1. The number of carbonyl (C=O) groups excluding carboxylic acids is 1. The fourth-order valence-electron chi connectivity index (χ4n) is 3.32. The number of anilines is 2. The average Bonchev–Trinajstić information content (AvgIpc) is 3.22. The van der Waals surface area contributed by atoms with Crippen molar-refractivity contribution in [2.24, 2.45) is 0 Å². The summed E-state index contributed by atoms with van der Waals surface area (Å²) >= 11 is 6.93. The molecule has 4 rings (SSSR count). The van der Waals surface area contributed by atoms with Crippen molar-refractivity contribution >= 4 is 50.2 Å². The zero-order valence-electron chi connectivity index (χ0n) is 16.0. The van der Waals surface area contributed by atoms with Crippen LogP contribution in [0.3, 0.4) is 0 Å². The summed E-state index contributed by atoms with van der Waals surface area (Å²) in [4.78, 5) is 14.8. The molecule has 9 heteroatoms. The molecule has 1 fully saturated rings. The van der Waals surface area contributed by atoms with Gasteiger partial charge in [0.2, 0.25) is 0 Å². The number of nitrogens with zero attached hydrogens (tertiary/aromatic N) is 2. The molecule has 1 saturated heterocycles. The van der Waals surface area contributed by atoms with E-state index in [0.717, 1.165) is 22.7 Å². The van der Waals surface area contributed by atoms with Gasteiger partial charge in [0, 0.05) is 31.9 Å². The van der Waals surface area contributed by atoms with Gasteiger partial charge in [-0.25, -0.2) is 8.42 Å². The highest BCUT2D eigenvalue weighted by Crippen LogP contribution is 2.29. The van der Waals surface area contributed by atoms with E-state index in [4.69, 9.17) is 11.6 Å². The minimum Gasteiger partial charge on any atom is -0.355 e. The third-order valence-corrected chi connectivity index (χ3v) is 8.48. The minimum atomic E-state index is -3.59. The molecule has 0 spiro atoms. The van der Waals surface area contributed by atoms with Crippen molar-refractivity contribution in [2.45, 2.75) is 4.21 Å². The van der Waals surface area contributed by atoms with E-state index < -0.39 is 10.0 Å². The van der Waals surface area contributed by atoms with Crippen LogP contribution in [0.25, 0.3) is 0 Å². The van der Waals surface area contributed by atoms with Crippen molar-refractivity contribution in [3.8, 4) is 0 Å². The zero-order valence-corrected chi connectivity index (χ0v) is 18.4. The number of benzene rings is 2. The lowest BCUT2D eigenvalue weighted by Gasteiger charge is -2.34. The molecule has 1 N–H and O–H groups in total. The van der Waals surface area contributed by atoms with E-state index in [-0.39, 0.29) is 23.2 Å². The van der Waals surface area contributed by atoms with Crippen molar-refractivity contribution in [1.82, 2.24) is 9.21 Å². The largest absolute Gasteiger partial charge is 0.355 e. The van der Waals surface area contributed by atoms with Gasteiger partial charge in [0.05, 0.1) is 15.6 Å².